The molecule has 0 saturated carbocycles. The molecule has 0 spiro atoms. The van der Waals surface area contributed by atoms with Gasteiger partial charge in [0.1, 0.15) is 10.6 Å². The number of rotatable bonds is 8. The van der Waals surface area contributed by atoms with E-state index in [2.05, 4.69) is 31.1 Å². The van der Waals surface area contributed by atoms with Gasteiger partial charge in [-0.25, -0.2) is 4.98 Å². The molecule has 0 aromatic carbocycles. The molecule has 0 aliphatic heterocycles. The van der Waals surface area contributed by atoms with E-state index < -0.39 is 0 Å². The molecular weight excluding hydrogens is 232 g/mol. The molecule has 1 rings (SSSR count). The Morgan fingerprint density at radius 3 is 2.76 bits per heavy atom. The van der Waals surface area contributed by atoms with Gasteiger partial charge in [-0.05, 0) is 33.2 Å². The Morgan fingerprint density at radius 1 is 1.41 bits per heavy atom. The van der Waals surface area contributed by atoms with E-state index in [1.807, 2.05) is 13.1 Å². The molecule has 17 heavy (non-hydrogen) atoms. The third-order valence-electron chi connectivity index (χ3n) is 2.87. The highest BCUT2D eigenvalue weighted by Gasteiger charge is 2.28. The lowest BCUT2D eigenvalue weighted by Gasteiger charge is -2.25. The molecule has 1 atom stereocenters. The maximum absolute atomic E-state index is 5.83. The Bertz CT molecular complexity index is 327. The van der Waals surface area contributed by atoms with Gasteiger partial charge in [-0.1, -0.05) is 13.8 Å². The van der Waals surface area contributed by atoms with Gasteiger partial charge in [0.25, 0.3) is 0 Å². The Labute approximate surface area is 109 Å². The van der Waals surface area contributed by atoms with E-state index in [-0.39, 0.29) is 5.60 Å². The van der Waals surface area contributed by atoms with E-state index in [9.17, 15) is 0 Å². The van der Waals surface area contributed by atoms with Crippen LogP contribution in [0.4, 0.5) is 0 Å². The SMILES string of the molecule is CCCNCc1cnc(C(C)(CC)OCC)s1. The van der Waals surface area contributed by atoms with Crippen LogP contribution in [0, 0.1) is 0 Å². The number of hydrogen-bond acceptors (Lipinski definition) is 4. The molecule has 0 radical (unpaired) electrons. The van der Waals surface area contributed by atoms with Crippen molar-refractivity contribution >= 4 is 11.3 Å². The summed E-state index contributed by atoms with van der Waals surface area (Å²) in [4.78, 5) is 5.80. The van der Waals surface area contributed by atoms with E-state index >= 15 is 0 Å². The second-order valence-corrected chi connectivity index (χ2v) is 5.44. The van der Waals surface area contributed by atoms with Gasteiger partial charge in [0, 0.05) is 24.2 Å². The van der Waals surface area contributed by atoms with Crippen LogP contribution in [-0.4, -0.2) is 18.1 Å². The molecule has 0 fully saturated rings. The minimum absolute atomic E-state index is 0.220. The molecule has 98 valence electrons. The first kappa shape index (κ1) is 14.6. The third-order valence-corrected chi connectivity index (χ3v) is 4.11. The number of nitrogens with one attached hydrogen (secondary N) is 1. The van der Waals surface area contributed by atoms with Gasteiger partial charge in [-0.2, -0.15) is 0 Å². The Balaban J connectivity index is 2.65. The fourth-order valence-corrected chi connectivity index (χ4v) is 2.71. The lowest BCUT2D eigenvalue weighted by molar-refractivity contribution is -0.0324. The van der Waals surface area contributed by atoms with E-state index in [4.69, 9.17) is 4.74 Å². The summed E-state index contributed by atoms with van der Waals surface area (Å²) >= 11 is 1.76. The van der Waals surface area contributed by atoms with Crippen molar-refractivity contribution in [3.63, 3.8) is 0 Å². The molecule has 1 heterocycles. The first-order chi connectivity index (χ1) is 8.16. The number of aromatic nitrogens is 1. The third kappa shape index (κ3) is 4.05. The van der Waals surface area contributed by atoms with Crippen molar-refractivity contribution in [2.75, 3.05) is 13.2 Å². The summed E-state index contributed by atoms with van der Waals surface area (Å²) in [7, 11) is 0. The normalized spacial score (nSPS) is 14.8. The van der Waals surface area contributed by atoms with Crippen LogP contribution in [0.25, 0.3) is 0 Å². The molecule has 1 N–H and O–H groups in total. The first-order valence-electron chi connectivity index (χ1n) is 6.46. The summed E-state index contributed by atoms with van der Waals surface area (Å²) in [6.45, 7) is 11.2. The maximum Gasteiger partial charge on any atom is 0.125 e. The molecule has 3 nitrogen and oxygen atoms in total. The summed E-state index contributed by atoms with van der Waals surface area (Å²) < 4.78 is 5.83. The zero-order valence-electron chi connectivity index (χ0n) is 11.4. The summed E-state index contributed by atoms with van der Waals surface area (Å²) in [5.41, 5.74) is -0.220. The van der Waals surface area contributed by atoms with Crippen molar-refractivity contribution in [1.82, 2.24) is 10.3 Å². The van der Waals surface area contributed by atoms with Crippen molar-refractivity contribution in [2.45, 2.75) is 52.7 Å². The van der Waals surface area contributed by atoms with Gasteiger partial charge >= 0.3 is 0 Å². The lowest BCUT2D eigenvalue weighted by Crippen LogP contribution is -2.24. The maximum atomic E-state index is 5.83. The van der Waals surface area contributed by atoms with E-state index in [1.54, 1.807) is 11.3 Å². The minimum Gasteiger partial charge on any atom is -0.368 e. The predicted molar refractivity (Wildman–Crippen MR) is 73.4 cm³/mol. The number of thiazole rings is 1. The molecule has 1 aromatic rings. The fourth-order valence-electron chi connectivity index (χ4n) is 1.66. The smallest absolute Gasteiger partial charge is 0.125 e. The zero-order chi connectivity index (χ0) is 12.7. The van der Waals surface area contributed by atoms with Crippen LogP contribution in [-0.2, 0) is 16.9 Å². The first-order valence-corrected chi connectivity index (χ1v) is 7.27. The summed E-state index contributed by atoms with van der Waals surface area (Å²) in [5, 5.41) is 4.49. The molecule has 0 amide bonds. The number of ether oxygens (including phenoxy) is 1. The molecule has 0 aliphatic rings. The zero-order valence-corrected chi connectivity index (χ0v) is 12.2. The van der Waals surface area contributed by atoms with Crippen LogP contribution in [0.15, 0.2) is 6.20 Å². The standard InChI is InChI=1S/C13H24N2OS/c1-5-8-14-9-11-10-15-12(17-11)13(4,6-2)16-7-3/h10,14H,5-9H2,1-4H3. The van der Waals surface area contributed by atoms with Crippen molar-refractivity contribution in [2.24, 2.45) is 0 Å². The van der Waals surface area contributed by atoms with E-state index in [1.165, 1.54) is 4.88 Å². The number of hydrogen-bond donors (Lipinski definition) is 1. The van der Waals surface area contributed by atoms with Crippen LogP contribution in [0.3, 0.4) is 0 Å². The average molecular weight is 256 g/mol. The van der Waals surface area contributed by atoms with Crippen molar-refractivity contribution in [3.05, 3.63) is 16.1 Å². The van der Waals surface area contributed by atoms with E-state index in [0.29, 0.717) is 0 Å². The average Bonchev–Trinajstić information content (AvgIpc) is 2.79. The minimum atomic E-state index is -0.220. The summed E-state index contributed by atoms with van der Waals surface area (Å²) in [6, 6.07) is 0. The quantitative estimate of drug-likeness (QED) is 0.725. The molecular formula is C13H24N2OS. The Kier molecular flexibility index (Phi) is 6.09. The second-order valence-electron chi connectivity index (χ2n) is 4.33. The topological polar surface area (TPSA) is 34.2 Å². The van der Waals surface area contributed by atoms with Crippen molar-refractivity contribution in [1.29, 1.82) is 0 Å². The van der Waals surface area contributed by atoms with Crippen LogP contribution < -0.4 is 5.32 Å². The highest BCUT2D eigenvalue weighted by Crippen LogP contribution is 2.32. The predicted octanol–water partition coefficient (Wildman–Crippen LogP) is 3.30. The molecule has 0 aliphatic carbocycles. The molecule has 1 unspecified atom stereocenters. The molecule has 0 saturated heterocycles. The highest BCUT2D eigenvalue weighted by molar-refractivity contribution is 7.11. The fraction of sp³-hybridized carbons (Fsp3) is 0.769. The summed E-state index contributed by atoms with van der Waals surface area (Å²) in [5.74, 6) is 0. The van der Waals surface area contributed by atoms with Crippen LogP contribution in [0.2, 0.25) is 0 Å². The van der Waals surface area contributed by atoms with Crippen LogP contribution >= 0.6 is 11.3 Å². The van der Waals surface area contributed by atoms with Gasteiger partial charge in [-0.3, -0.25) is 0 Å². The number of nitrogens with zero attached hydrogens (tertiary/aromatic N) is 1. The largest absolute Gasteiger partial charge is 0.368 e. The highest BCUT2D eigenvalue weighted by atomic mass is 32.1. The van der Waals surface area contributed by atoms with Crippen LogP contribution in [0.1, 0.15) is 50.4 Å². The molecule has 4 heteroatoms. The molecule has 1 aromatic heterocycles. The summed E-state index contributed by atoms with van der Waals surface area (Å²) in [6.07, 6.45) is 4.09. The van der Waals surface area contributed by atoms with E-state index in [0.717, 1.165) is 37.5 Å². The monoisotopic (exact) mass is 256 g/mol. The lowest BCUT2D eigenvalue weighted by atomic mass is 10.1. The van der Waals surface area contributed by atoms with Gasteiger partial charge in [0.05, 0.1) is 0 Å². The Morgan fingerprint density at radius 2 is 2.18 bits per heavy atom. The van der Waals surface area contributed by atoms with Gasteiger partial charge in [0.15, 0.2) is 0 Å². The Hall–Kier alpha value is -0.450. The van der Waals surface area contributed by atoms with Gasteiger partial charge in [0.2, 0.25) is 0 Å². The molecule has 0 bridgehead atoms. The van der Waals surface area contributed by atoms with Gasteiger partial charge in [-0.15, -0.1) is 11.3 Å². The van der Waals surface area contributed by atoms with Gasteiger partial charge < -0.3 is 10.1 Å². The van der Waals surface area contributed by atoms with Crippen molar-refractivity contribution in [3.8, 4) is 0 Å². The van der Waals surface area contributed by atoms with Crippen molar-refractivity contribution < 1.29 is 4.74 Å². The second kappa shape index (κ2) is 7.09. The van der Waals surface area contributed by atoms with Crippen LogP contribution in [0.5, 0.6) is 0 Å².